The molecule has 1 aromatic carbocycles. The molecule has 3 heteroatoms. The second kappa shape index (κ2) is 6.11. The van der Waals surface area contributed by atoms with E-state index in [1.54, 1.807) is 0 Å². The number of fused-ring (bicyclic) bond motifs is 1. The first-order chi connectivity index (χ1) is 8.92. The van der Waals surface area contributed by atoms with Crippen LogP contribution in [0.5, 0.6) is 0 Å². The standard InChI is InChI=1S/C16H25BrOSi/c1-5-6-8-12-11-14-13(9-7-10-15(14)17)16(12)18-19(2,3)4/h7,9-10,12,16H,5-6,8,11H2,1-4H3. The van der Waals surface area contributed by atoms with Gasteiger partial charge in [-0.1, -0.05) is 47.8 Å². The van der Waals surface area contributed by atoms with Crippen LogP contribution in [0.3, 0.4) is 0 Å². The molecule has 0 N–H and O–H groups in total. The van der Waals surface area contributed by atoms with E-state index in [-0.39, 0.29) is 0 Å². The van der Waals surface area contributed by atoms with E-state index in [2.05, 4.69) is 60.7 Å². The Labute approximate surface area is 127 Å². The van der Waals surface area contributed by atoms with Crippen molar-refractivity contribution in [1.82, 2.24) is 0 Å². The molecule has 0 saturated heterocycles. The van der Waals surface area contributed by atoms with Gasteiger partial charge in [-0.05, 0) is 55.6 Å². The minimum atomic E-state index is -1.50. The van der Waals surface area contributed by atoms with E-state index < -0.39 is 8.32 Å². The summed E-state index contributed by atoms with van der Waals surface area (Å²) in [5.41, 5.74) is 2.91. The van der Waals surface area contributed by atoms with Gasteiger partial charge in [0.15, 0.2) is 8.32 Å². The second-order valence-electron chi connectivity index (χ2n) is 6.56. The summed E-state index contributed by atoms with van der Waals surface area (Å²) in [4.78, 5) is 0. The van der Waals surface area contributed by atoms with Crippen LogP contribution in [-0.4, -0.2) is 8.32 Å². The van der Waals surface area contributed by atoms with Crippen molar-refractivity contribution in [2.75, 3.05) is 0 Å². The first-order valence-electron chi connectivity index (χ1n) is 7.37. The molecule has 1 aliphatic rings. The van der Waals surface area contributed by atoms with Crippen molar-refractivity contribution in [3.8, 4) is 0 Å². The molecule has 0 spiro atoms. The van der Waals surface area contributed by atoms with E-state index in [9.17, 15) is 0 Å². The summed E-state index contributed by atoms with van der Waals surface area (Å²) in [5, 5.41) is 0. The molecular weight excluding hydrogens is 316 g/mol. The molecule has 2 atom stereocenters. The minimum Gasteiger partial charge on any atom is -0.410 e. The van der Waals surface area contributed by atoms with Crippen LogP contribution in [0.2, 0.25) is 19.6 Å². The maximum absolute atomic E-state index is 6.51. The van der Waals surface area contributed by atoms with E-state index in [1.807, 2.05) is 0 Å². The van der Waals surface area contributed by atoms with Gasteiger partial charge >= 0.3 is 0 Å². The lowest BCUT2D eigenvalue weighted by Crippen LogP contribution is -2.29. The highest BCUT2D eigenvalue weighted by Crippen LogP contribution is 2.45. The van der Waals surface area contributed by atoms with Crippen molar-refractivity contribution in [3.05, 3.63) is 33.8 Å². The quantitative estimate of drug-likeness (QED) is 0.624. The third-order valence-corrected chi connectivity index (χ3v) is 5.47. The average Bonchev–Trinajstić information content (AvgIpc) is 2.65. The number of hydrogen-bond acceptors (Lipinski definition) is 1. The van der Waals surface area contributed by atoms with Crippen LogP contribution < -0.4 is 0 Å². The fourth-order valence-corrected chi connectivity index (χ4v) is 4.57. The Morgan fingerprint density at radius 1 is 1.32 bits per heavy atom. The van der Waals surface area contributed by atoms with Crippen molar-refractivity contribution >= 4 is 24.2 Å². The number of unbranched alkanes of at least 4 members (excludes halogenated alkanes) is 1. The van der Waals surface area contributed by atoms with Crippen molar-refractivity contribution < 1.29 is 4.43 Å². The van der Waals surface area contributed by atoms with Gasteiger partial charge in [0, 0.05) is 4.47 Å². The highest BCUT2D eigenvalue weighted by Gasteiger charge is 2.36. The molecule has 0 aliphatic heterocycles. The van der Waals surface area contributed by atoms with Crippen molar-refractivity contribution in [1.29, 1.82) is 0 Å². The van der Waals surface area contributed by atoms with Crippen LogP contribution in [-0.2, 0) is 10.8 Å². The third-order valence-electron chi connectivity index (χ3n) is 3.77. The summed E-state index contributed by atoms with van der Waals surface area (Å²) in [6.45, 7) is 9.14. The maximum Gasteiger partial charge on any atom is 0.184 e. The molecule has 0 radical (unpaired) electrons. The van der Waals surface area contributed by atoms with Gasteiger partial charge in [0.2, 0.25) is 0 Å². The normalized spacial score (nSPS) is 22.6. The molecule has 19 heavy (non-hydrogen) atoms. The monoisotopic (exact) mass is 340 g/mol. The zero-order valence-corrected chi connectivity index (χ0v) is 15.1. The van der Waals surface area contributed by atoms with Crippen LogP contribution in [0.4, 0.5) is 0 Å². The summed E-state index contributed by atoms with van der Waals surface area (Å²) < 4.78 is 7.77. The first-order valence-corrected chi connectivity index (χ1v) is 11.6. The van der Waals surface area contributed by atoms with Crippen LogP contribution in [0.25, 0.3) is 0 Å². The molecule has 106 valence electrons. The van der Waals surface area contributed by atoms with Crippen LogP contribution in [0.1, 0.15) is 43.4 Å². The average molecular weight is 341 g/mol. The molecular formula is C16H25BrOSi. The van der Waals surface area contributed by atoms with E-state index in [0.717, 1.165) is 0 Å². The minimum absolute atomic E-state index is 0.325. The predicted molar refractivity (Wildman–Crippen MR) is 88.0 cm³/mol. The molecule has 0 bridgehead atoms. The Balaban J connectivity index is 2.26. The topological polar surface area (TPSA) is 9.23 Å². The highest BCUT2D eigenvalue weighted by molar-refractivity contribution is 9.10. The van der Waals surface area contributed by atoms with Gasteiger partial charge in [0.05, 0.1) is 6.10 Å². The zero-order valence-electron chi connectivity index (χ0n) is 12.5. The fourth-order valence-electron chi connectivity index (χ4n) is 2.94. The molecule has 0 fully saturated rings. The van der Waals surface area contributed by atoms with Crippen LogP contribution >= 0.6 is 15.9 Å². The molecule has 2 rings (SSSR count). The number of rotatable bonds is 5. The molecule has 1 aliphatic carbocycles. The SMILES string of the molecule is CCCCC1Cc2c(Br)cccc2C1O[Si](C)(C)C. The van der Waals surface area contributed by atoms with Gasteiger partial charge in [0.25, 0.3) is 0 Å². The number of hydrogen-bond donors (Lipinski definition) is 0. The van der Waals surface area contributed by atoms with Gasteiger partial charge in [-0.3, -0.25) is 0 Å². The van der Waals surface area contributed by atoms with E-state index in [1.165, 1.54) is 41.3 Å². The summed E-state index contributed by atoms with van der Waals surface area (Å²) >= 11 is 3.71. The Bertz CT molecular complexity index is 439. The summed E-state index contributed by atoms with van der Waals surface area (Å²) in [7, 11) is -1.50. The Morgan fingerprint density at radius 2 is 2.05 bits per heavy atom. The molecule has 1 nitrogen and oxygen atoms in total. The largest absolute Gasteiger partial charge is 0.410 e. The van der Waals surface area contributed by atoms with Crippen molar-refractivity contribution in [2.24, 2.45) is 5.92 Å². The van der Waals surface area contributed by atoms with E-state index in [4.69, 9.17) is 4.43 Å². The molecule has 0 heterocycles. The van der Waals surface area contributed by atoms with Crippen molar-refractivity contribution in [3.63, 3.8) is 0 Å². The fraction of sp³-hybridized carbons (Fsp3) is 0.625. The lowest BCUT2D eigenvalue weighted by Gasteiger charge is -2.28. The maximum atomic E-state index is 6.51. The van der Waals surface area contributed by atoms with E-state index >= 15 is 0 Å². The van der Waals surface area contributed by atoms with Gasteiger partial charge < -0.3 is 4.43 Å². The molecule has 0 amide bonds. The Hall–Kier alpha value is -0.123. The zero-order chi connectivity index (χ0) is 14.0. The smallest absolute Gasteiger partial charge is 0.184 e. The summed E-state index contributed by atoms with van der Waals surface area (Å²) in [6.07, 6.45) is 5.36. The lowest BCUT2D eigenvalue weighted by atomic mass is 9.97. The van der Waals surface area contributed by atoms with Crippen LogP contribution in [0, 0.1) is 5.92 Å². The Morgan fingerprint density at radius 3 is 2.68 bits per heavy atom. The first kappa shape index (κ1) is 15.3. The molecule has 0 saturated carbocycles. The predicted octanol–water partition coefficient (Wildman–Crippen LogP) is 5.70. The summed E-state index contributed by atoms with van der Waals surface area (Å²) in [6, 6.07) is 6.56. The van der Waals surface area contributed by atoms with Crippen molar-refractivity contribution in [2.45, 2.75) is 58.4 Å². The van der Waals surface area contributed by atoms with Gasteiger partial charge in [0.1, 0.15) is 0 Å². The number of benzene rings is 1. The second-order valence-corrected chi connectivity index (χ2v) is 11.9. The number of halogens is 1. The van der Waals surface area contributed by atoms with Crippen LogP contribution in [0.15, 0.2) is 22.7 Å². The van der Waals surface area contributed by atoms with Gasteiger partial charge in [-0.15, -0.1) is 0 Å². The third kappa shape index (κ3) is 3.70. The summed E-state index contributed by atoms with van der Waals surface area (Å²) in [5.74, 6) is 0.667. The Kier molecular flexibility index (Phi) is 4.91. The lowest BCUT2D eigenvalue weighted by molar-refractivity contribution is 0.135. The van der Waals surface area contributed by atoms with E-state index in [0.29, 0.717) is 12.0 Å². The van der Waals surface area contributed by atoms with Gasteiger partial charge in [-0.25, -0.2) is 0 Å². The molecule has 1 aromatic rings. The highest BCUT2D eigenvalue weighted by atomic mass is 79.9. The molecule has 2 unspecified atom stereocenters. The van der Waals surface area contributed by atoms with Gasteiger partial charge in [-0.2, -0.15) is 0 Å². The molecule has 0 aromatic heterocycles.